The number of unbranched alkanes of at least 4 members (excludes halogenated alkanes) is 4. The fourth-order valence-corrected chi connectivity index (χ4v) is 3.40. The fourth-order valence-electron chi connectivity index (χ4n) is 3.40. The van der Waals surface area contributed by atoms with Gasteiger partial charge in [-0.05, 0) is 37.3 Å². The van der Waals surface area contributed by atoms with Gasteiger partial charge in [-0.1, -0.05) is 26.2 Å². The van der Waals surface area contributed by atoms with Crippen molar-refractivity contribution in [2.24, 2.45) is 0 Å². The quantitative estimate of drug-likeness (QED) is 0.461. The van der Waals surface area contributed by atoms with Crippen molar-refractivity contribution in [1.29, 1.82) is 0 Å². The van der Waals surface area contributed by atoms with Crippen LogP contribution in [0.5, 0.6) is 11.5 Å². The molecule has 1 N–H and O–H groups in total. The van der Waals surface area contributed by atoms with Crippen LogP contribution in [0, 0.1) is 0 Å². The molecule has 26 heavy (non-hydrogen) atoms. The summed E-state index contributed by atoms with van der Waals surface area (Å²) in [6, 6.07) is 3.22. The smallest absolute Gasteiger partial charge is 0.342 e. The van der Waals surface area contributed by atoms with E-state index in [4.69, 9.17) is 9.47 Å². The first-order valence-corrected chi connectivity index (χ1v) is 9.67. The average Bonchev–Trinajstić information content (AvgIpc) is 2.60. The molecule has 1 aromatic carbocycles. The average molecular weight is 362 g/mol. The summed E-state index contributed by atoms with van der Waals surface area (Å²) in [5, 5.41) is 9.99. The molecular weight excluding hydrogens is 332 g/mol. The minimum Gasteiger partial charge on any atom is -0.507 e. The van der Waals surface area contributed by atoms with Gasteiger partial charge in [-0.25, -0.2) is 4.79 Å². The zero-order valence-corrected chi connectivity index (χ0v) is 15.9. The van der Waals surface area contributed by atoms with Crippen molar-refractivity contribution in [1.82, 2.24) is 0 Å². The van der Waals surface area contributed by atoms with Gasteiger partial charge in [0, 0.05) is 25.3 Å². The van der Waals surface area contributed by atoms with Crippen LogP contribution in [0.15, 0.2) is 12.1 Å². The van der Waals surface area contributed by atoms with Gasteiger partial charge in [0.1, 0.15) is 28.9 Å². The normalized spacial score (nSPS) is 16.1. The molecule has 5 heteroatoms. The van der Waals surface area contributed by atoms with Gasteiger partial charge in [-0.15, -0.1) is 0 Å². The van der Waals surface area contributed by atoms with E-state index in [1.165, 1.54) is 13.2 Å². The zero-order valence-electron chi connectivity index (χ0n) is 15.9. The molecule has 0 spiro atoms. The number of ether oxygens (including phenoxy) is 2. The maximum absolute atomic E-state index is 12.2. The molecule has 0 fully saturated rings. The van der Waals surface area contributed by atoms with Crippen molar-refractivity contribution >= 4 is 11.8 Å². The molecule has 1 heterocycles. The number of hydrogen-bond donors (Lipinski definition) is 1. The second kappa shape index (κ2) is 10.2. The van der Waals surface area contributed by atoms with Crippen LogP contribution in [0.3, 0.4) is 0 Å². The zero-order chi connectivity index (χ0) is 18.9. The van der Waals surface area contributed by atoms with Crippen LogP contribution < -0.4 is 4.74 Å². The molecule has 0 amide bonds. The number of ketones is 1. The molecule has 0 aliphatic carbocycles. The largest absolute Gasteiger partial charge is 0.507 e. The molecule has 0 bridgehead atoms. The van der Waals surface area contributed by atoms with E-state index < -0.39 is 5.97 Å². The Balaban J connectivity index is 1.74. The number of phenols is 1. The molecule has 0 radical (unpaired) electrons. The molecule has 0 unspecified atom stereocenters. The first-order valence-electron chi connectivity index (χ1n) is 9.67. The topological polar surface area (TPSA) is 72.8 Å². The van der Waals surface area contributed by atoms with Crippen LogP contribution in [-0.4, -0.2) is 30.1 Å². The first kappa shape index (κ1) is 20.3. The van der Waals surface area contributed by atoms with Crippen LogP contribution in [0.2, 0.25) is 0 Å². The summed E-state index contributed by atoms with van der Waals surface area (Å²) in [4.78, 5) is 23.9. The number of phenolic OH excluding ortho intramolecular Hbond substituents is 1. The number of benzene rings is 1. The van der Waals surface area contributed by atoms with Crippen LogP contribution in [-0.2, 0) is 16.0 Å². The number of cyclic esters (lactones) is 1. The SMILES string of the molecule is CCCCCC(=O)CCCCC[C@@H]1Cc2cc(OC)cc(O)c2C(=O)O1. The number of fused-ring (bicyclic) bond motifs is 1. The summed E-state index contributed by atoms with van der Waals surface area (Å²) < 4.78 is 10.6. The lowest BCUT2D eigenvalue weighted by atomic mass is 9.94. The summed E-state index contributed by atoms with van der Waals surface area (Å²) in [6.07, 6.45) is 8.59. The molecule has 1 aliphatic rings. The van der Waals surface area contributed by atoms with Crippen LogP contribution in [0.1, 0.15) is 80.6 Å². The molecule has 0 saturated heterocycles. The number of esters is 1. The van der Waals surface area contributed by atoms with E-state index in [9.17, 15) is 14.7 Å². The number of carbonyl (C=O) groups is 2. The number of aromatic hydroxyl groups is 1. The van der Waals surface area contributed by atoms with Gasteiger partial charge < -0.3 is 14.6 Å². The molecule has 2 rings (SSSR count). The van der Waals surface area contributed by atoms with Crippen molar-refractivity contribution in [3.05, 3.63) is 23.3 Å². The second-order valence-corrected chi connectivity index (χ2v) is 7.01. The predicted octanol–water partition coefficient (Wildman–Crippen LogP) is 4.58. The maximum atomic E-state index is 12.2. The Bertz CT molecular complexity index is 623. The number of carbonyl (C=O) groups excluding carboxylic acids is 2. The Morgan fingerprint density at radius 1 is 1.19 bits per heavy atom. The van der Waals surface area contributed by atoms with E-state index in [1.54, 1.807) is 6.07 Å². The van der Waals surface area contributed by atoms with E-state index in [0.29, 0.717) is 30.8 Å². The second-order valence-electron chi connectivity index (χ2n) is 7.01. The highest BCUT2D eigenvalue weighted by Gasteiger charge is 2.29. The van der Waals surface area contributed by atoms with Gasteiger partial charge in [0.15, 0.2) is 0 Å². The van der Waals surface area contributed by atoms with Crippen LogP contribution in [0.4, 0.5) is 0 Å². The number of methoxy groups -OCH3 is 1. The Morgan fingerprint density at radius 3 is 2.62 bits per heavy atom. The number of rotatable bonds is 11. The molecule has 144 valence electrons. The van der Waals surface area contributed by atoms with Crippen LogP contribution >= 0.6 is 0 Å². The summed E-state index contributed by atoms with van der Waals surface area (Å²) in [5.74, 6) is 0.335. The van der Waals surface area contributed by atoms with Crippen molar-refractivity contribution < 1.29 is 24.2 Å². The van der Waals surface area contributed by atoms with Gasteiger partial charge in [0.2, 0.25) is 0 Å². The highest BCUT2D eigenvalue weighted by molar-refractivity contribution is 5.95. The molecule has 0 saturated carbocycles. The minimum atomic E-state index is -0.470. The predicted molar refractivity (Wildman–Crippen MR) is 99.8 cm³/mol. The third kappa shape index (κ3) is 5.75. The molecule has 1 aliphatic heterocycles. The first-order chi connectivity index (χ1) is 12.5. The summed E-state index contributed by atoms with van der Waals surface area (Å²) in [5.41, 5.74) is 1.02. The van der Waals surface area contributed by atoms with Crippen molar-refractivity contribution in [3.63, 3.8) is 0 Å². The lowest BCUT2D eigenvalue weighted by molar-refractivity contribution is -0.119. The van der Waals surface area contributed by atoms with E-state index in [1.807, 2.05) is 0 Å². The third-order valence-corrected chi connectivity index (χ3v) is 4.87. The Labute approximate surface area is 155 Å². The number of Topliss-reactive ketones (excluding diaryl/α,β-unsaturated/α-hetero) is 1. The van der Waals surface area contributed by atoms with Crippen molar-refractivity contribution in [2.75, 3.05) is 7.11 Å². The van der Waals surface area contributed by atoms with Gasteiger partial charge in [-0.3, -0.25) is 4.79 Å². The standard InChI is InChI=1S/C21H30O5/c1-3-4-6-9-16(22)10-7-5-8-11-17-12-15-13-18(25-2)14-19(23)20(15)21(24)26-17/h13-14,17,23H,3-12H2,1-2H3/t17-/m1/s1. The van der Waals surface area contributed by atoms with Crippen molar-refractivity contribution in [2.45, 2.75) is 77.2 Å². The lowest BCUT2D eigenvalue weighted by Crippen LogP contribution is -2.27. The van der Waals surface area contributed by atoms with E-state index >= 15 is 0 Å². The Hall–Kier alpha value is -2.04. The van der Waals surface area contributed by atoms with Gasteiger partial charge in [0.25, 0.3) is 0 Å². The van der Waals surface area contributed by atoms with Crippen molar-refractivity contribution in [3.8, 4) is 11.5 Å². The number of hydrogen-bond acceptors (Lipinski definition) is 5. The Morgan fingerprint density at radius 2 is 1.92 bits per heavy atom. The van der Waals surface area contributed by atoms with Gasteiger partial charge in [0.05, 0.1) is 7.11 Å². The van der Waals surface area contributed by atoms with E-state index in [2.05, 4.69) is 6.92 Å². The molecule has 1 atom stereocenters. The van der Waals surface area contributed by atoms with E-state index in [0.717, 1.165) is 50.5 Å². The highest BCUT2D eigenvalue weighted by Crippen LogP contribution is 2.33. The van der Waals surface area contributed by atoms with Crippen LogP contribution in [0.25, 0.3) is 0 Å². The molecular formula is C21H30O5. The third-order valence-electron chi connectivity index (χ3n) is 4.87. The van der Waals surface area contributed by atoms with E-state index in [-0.39, 0.29) is 17.4 Å². The molecule has 0 aromatic heterocycles. The molecule has 5 nitrogen and oxygen atoms in total. The lowest BCUT2D eigenvalue weighted by Gasteiger charge is -2.25. The maximum Gasteiger partial charge on any atom is 0.342 e. The summed E-state index contributed by atoms with van der Waals surface area (Å²) in [7, 11) is 1.53. The minimum absolute atomic E-state index is 0.0932. The van der Waals surface area contributed by atoms with Gasteiger partial charge in [-0.2, -0.15) is 0 Å². The summed E-state index contributed by atoms with van der Waals surface area (Å²) >= 11 is 0. The highest BCUT2D eigenvalue weighted by atomic mass is 16.5. The molecule has 1 aromatic rings. The fraction of sp³-hybridized carbons (Fsp3) is 0.619. The van der Waals surface area contributed by atoms with Gasteiger partial charge >= 0.3 is 5.97 Å². The summed E-state index contributed by atoms with van der Waals surface area (Å²) in [6.45, 7) is 2.14. The monoisotopic (exact) mass is 362 g/mol. The Kier molecular flexibility index (Phi) is 7.95.